The third-order valence-corrected chi connectivity index (χ3v) is 5.17. The maximum Gasteiger partial charge on any atom is 0.119 e. The Balaban J connectivity index is 1.41. The van der Waals surface area contributed by atoms with Crippen LogP contribution < -0.4 is 4.74 Å². The number of aromatic amines is 1. The van der Waals surface area contributed by atoms with Gasteiger partial charge in [0.05, 0.1) is 0 Å². The number of rotatable bonds is 10. The van der Waals surface area contributed by atoms with Gasteiger partial charge >= 0.3 is 0 Å². The number of benzene rings is 1. The first-order chi connectivity index (χ1) is 13.6. The summed E-state index contributed by atoms with van der Waals surface area (Å²) in [6.45, 7) is 10.1. The van der Waals surface area contributed by atoms with Gasteiger partial charge in [-0.2, -0.15) is 5.10 Å². The van der Waals surface area contributed by atoms with E-state index in [1.165, 1.54) is 5.56 Å². The highest BCUT2D eigenvalue weighted by molar-refractivity contribution is 5.28. The van der Waals surface area contributed by atoms with Gasteiger partial charge in [-0.25, -0.2) is 0 Å². The van der Waals surface area contributed by atoms with Crippen LogP contribution in [-0.2, 0) is 13.1 Å². The second-order valence-corrected chi connectivity index (χ2v) is 7.60. The van der Waals surface area contributed by atoms with Crippen LogP contribution in [0.15, 0.2) is 36.5 Å². The molecule has 7 heteroatoms. The van der Waals surface area contributed by atoms with E-state index >= 15 is 0 Å². The molecule has 28 heavy (non-hydrogen) atoms. The van der Waals surface area contributed by atoms with Crippen LogP contribution in [0.25, 0.3) is 0 Å². The first-order valence-electron chi connectivity index (χ1n) is 10.1. The Hall–Kier alpha value is -1.93. The second-order valence-electron chi connectivity index (χ2n) is 7.60. The molecular formula is C21H33N5O2. The van der Waals surface area contributed by atoms with Gasteiger partial charge in [-0.1, -0.05) is 19.1 Å². The molecule has 0 bridgehead atoms. The first kappa shape index (κ1) is 20.8. The van der Waals surface area contributed by atoms with Crippen molar-refractivity contribution in [1.29, 1.82) is 0 Å². The van der Waals surface area contributed by atoms with Crippen LogP contribution in [0.4, 0.5) is 0 Å². The van der Waals surface area contributed by atoms with Crippen LogP contribution in [0.1, 0.15) is 18.2 Å². The van der Waals surface area contributed by atoms with E-state index in [2.05, 4.69) is 51.0 Å². The Morgan fingerprint density at radius 2 is 1.96 bits per heavy atom. The molecule has 1 aliphatic heterocycles. The van der Waals surface area contributed by atoms with Crippen LogP contribution in [0.5, 0.6) is 5.75 Å². The minimum Gasteiger partial charge on any atom is -0.491 e. The number of aliphatic hydroxyl groups excluding tert-OH is 1. The van der Waals surface area contributed by atoms with Crippen LogP contribution in [0, 0.1) is 0 Å². The van der Waals surface area contributed by atoms with Crippen molar-refractivity contribution in [1.82, 2.24) is 24.9 Å². The molecule has 1 fully saturated rings. The fraction of sp³-hybridized carbons (Fsp3) is 0.571. The predicted octanol–water partition coefficient (Wildman–Crippen LogP) is 1.42. The lowest BCUT2D eigenvalue weighted by Gasteiger charge is -2.34. The molecule has 2 N–H and O–H groups in total. The molecule has 1 aliphatic rings. The molecule has 1 saturated heterocycles. The molecule has 0 saturated carbocycles. The summed E-state index contributed by atoms with van der Waals surface area (Å²) in [4.78, 5) is 6.98. The topological polar surface area (TPSA) is 67.9 Å². The van der Waals surface area contributed by atoms with Crippen molar-refractivity contribution in [2.24, 2.45) is 0 Å². The smallest absolute Gasteiger partial charge is 0.119 e. The number of piperazine rings is 1. The van der Waals surface area contributed by atoms with Crippen molar-refractivity contribution in [3.63, 3.8) is 0 Å². The molecule has 0 aliphatic carbocycles. The second kappa shape index (κ2) is 10.6. The van der Waals surface area contributed by atoms with Gasteiger partial charge in [0.25, 0.3) is 0 Å². The Morgan fingerprint density at radius 3 is 2.68 bits per heavy atom. The molecule has 0 radical (unpaired) electrons. The van der Waals surface area contributed by atoms with Crippen molar-refractivity contribution >= 4 is 0 Å². The van der Waals surface area contributed by atoms with E-state index in [1.807, 2.05) is 18.2 Å². The monoisotopic (exact) mass is 387 g/mol. The van der Waals surface area contributed by atoms with Crippen LogP contribution in [0.3, 0.4) is 0 Å². The standard InChI is InChI=1S/C21H33N5O2/c1-3-25-9-11-26(12-10-25)16-20(27)17-28-21-6-4-5-18(13-21)14-24(2)15-19-7-8-22-23-19/h4-8,13,20,27H,3,9-12,14-17H2,1-2H3,(H,22,23)/t20-/m0/s1. The lowest BCUT2D eigenvalue weighted by Crippen LogP contribution is -2.49. The summed E-state index contributed by atoms with van der Waals surface area (Å²) in [5.74, 6) is 0.808. The van der Waals surface area contributed by atoms with E-state index in [1.54, 1.807) is 6.20 Å². The van der Waals surface area contributed by atoms with Crippen LogP contribution in [-0.4, -0.2) is 89.0 Å². The van der Waals surface area contributed by atoms with E-state index in [0.29, 0.717) is 13.2 Å². The highest BCUT2D eigenvalue weighted by Crippen LogP contribution is 2.16. The number of hydrogen-bond acceptors (Lipinski definition) is 6. The number of H-pyrrole nitrogens is 1. The summed E-state index contributed by atoms with van der Waals surface area (Å²) in [5.41, 5.74) is 2.28. The van der Waals surface area contributed by atoms with Gasteiger partial charge in [0.1, 0.15) is 18.5 Å². The number of aliphatic hydroxyl groups is 1. The van der Waals surface area contributed by atoms with Crippen molar-refractivity contribution in [2.75, 3.05) is 52.9 Å². The average Bonchev–Trinajstić information content (AvgIpc) is 3.20. The van der Waals surface area contributed by atoms with E-state index in [4.69, 9.17) is 4.74 Å². The zero-order chi connectivity index (χ0) is 19.8. The van der Waals surface area contributed by atoms with Gasteiger partial charge in [0.2, 0.25) is 0 Å². The van der Waals surface area contributed by atoms with Gasteiger partial charge in [-0.05, 0) is 37.4 Å². The molecule has 1 aromatic carbocycles. The predicted molar refractivity (Wildman–Crippen MR) is 110 cm³/mol. The molecule has 0 amide bonds. The molecule has 154 valence electrons. The minimum atomic E-state index is -0.472. The zero-order valence-electron chi connectivity index (χ0n) is 17.0. The number of β-amino-alcohol motifs (C(OH)–C–C–N with tert-alkyl or cyclic N) is 1. The SMILES string of the molecule is CCN1CCN(C[C@H](O)COc2cccc(CN(C)Cc3ccn[nH]3)c2)CC1. The Bertz CT molecular complexity index is 686. The van der Waals surface area contributed by atoms with Gasteiger partial charge in [0, 0.05) is 57.7 Å². The highest BCUT2D eigenvalue weighted by Gasteiger charge is 2.18. The number of likely N-dealkylation sites (N-methyl/N-ethyl adjacent to an activating group) is 1. The lowest BCUT2D eigenvalue weighted by atomic mass is 10.2. The molecular weight excluding hydrogens is 354 g/mol. The van der Waals surface area contributed by atoms with Gasteiger partial charge in [-0.15, -0.1) is 0 Å². The third-order valence-electron chi connectivity index (χ3n) is 5.17. The van der Waals surface area contributed by atoms with Gasteiger partial charge < -0.3 is 14.7 Å². The molecule has 2 aromatic rings. The maximum absolute atomic E-state index is 10.3. The van der Waals surface area contributed by atoms with Gasteiger partial charge in [-0.3, -0.25) is 14.9 Å². The first-order valence-corrected chi connectivity index (χ1v) is 10.1. The number of ether oxygens (including phenoxy) is 1. The van der Waals surface area contributed by atoms with Crippen molar-refractivity contribution in [3.05, 3.63) is 47.8 Å². The highest BCUT2D eigenvalue weighted by atomic mass is 16.5. The Kier molecular flexibility index (Phi) is 7.85. The van der Waals surface area contributed by atoms with E-state index < -0.39 is 6.10 Å². The number of nitrogens with one attached hydrogen (secondary N) is 1. The molecule has 0 spiro atoms. The number of hydrogen-bond donors (Lipinski definition) is 2. The molecule has 3 rings (SSSR count). The molecule has 0 unspecified atom stereocenters. The quantitative estimate of drug-likeness (QED) is 0.643. The summed E-state index contributed by atoms with van der Waals surface area (Å²) in [6, 6.07) is 10.1. The summed E-state index contributed by atoms with van der Waals surface area (Å²) in [6.07, 6.45) is 1.30. The lowest BCUT2D eigenvalue weighted by molar-refractivity contribution is 0.0470. The van der Waals surface area contributed by atoms with Crippen molar-refractivity contribution in [2.45, 2.75) is 26.1 Å². The molecule has 2 heterocycles. The average molecular weight is 388 g/mol. The summed E-state index contributed by atoms with van der Waals surface area (Å²) in [7, 11) is 2.08. The van der Waals surface area contributed by atoms with Crippen LogP contribution in [0.2, 0.25) is 0 Å². The Labute approximate surface area is 167 Å². The Morgan fingerprint density at radius 1 is 1.18 bits per heavy atom. The van der Waals surface area contributed by atoms with Crippen molar-refractivity contribution in [3.8, 4) is 5.75 Å². The largest absolute Gasteiger partial charge is 0.491 e. The fourth-order valence-electron chi connectivity index (χ4n) is 3.60. The fourth-order valence-corrected chi connectivity index (χ4v) is 3.60. The number of aromatic nitrogens is 2. The summed E-state index contributed by atoms with van der Waals surface area (Å²) >= 11 is 0. The maximum atomic E-state index is 10.3. The zero-order valence-corrected chi connectivity index (χ0v) is 17.0. The summed E-state index contributed by atoms with van der Waals surface area (Å²) < 4.78 is 5.86. The van der Waals surface area contributed by atoms with E-state index in [-0.39, 0.29) is 0 Å². The third kappa shape index (κ3) is 6.60. The molecule has 1 aromatic heterocycles. The minimum absolute atomic E-state index is 0.321. The van der Waals surface area contributed by atoms with E-state index in [9.17, 15) is 5.11 Å². The summed E-state index contributed by atoms with van der Waals surface area (Å²) in [5, 5.41) is 17.3. The number of nitrogens with zero attached hydrogens (tertiary/aromatic N) is 4. The van der Waals surface area contributed by atoms with Crippen LogP contribution >= 0.6 is 0 Å². The molecule has 7 nitrogen and oxygen atoms in total. The normalized spacial score (nSPS) is 17.1. The van der Waals surface area contributed by atoms with Crippen molar-refractivity contribution < 1.29 is 9.84 Å². The van der Waals surface area contributed by atoms with Gasteiger partial charge in [0.15, 0.2) is 0 Å². The van der Waals surface area contributed by atoms with E-state index in [0.717, 1.165) is 57.3 Å². The molecule has 1 atom stereocenters.